The molecule has 0 radical (unpaired) electrons. The Kier molecular flexibility index (Phi) is 5.06. The Bertz CT molecular complexity index is 571. The van der Waals surface area contributed by atoms with Crippen LogP contribution in [0, 0.1) is 5.92 Å². The number of hydrogen-bond acceptors (Lipinski definition) is 4. The third kappa shape index (κ3) is 3.72. The molecule has 3 N–H and O–H groups in total. The Balaban J connectivity index is 2.11. The quantitative estimate of drug-likeness (QED) is 0.803. The third-order valence-corrected chi connectivity index (χ3v) is 5.84. The third-order valence-electron chi connectivity index (χ3n) is 3.60. The summed E-state index contributed by atoms with van der Waals surface area (Å²) in [7, 11) is -3.52. The largest absolute Gasteiger partial charge is 0.398 e. The summed E-state index contributed by atoms with van der Waals surface area (Å²) in [6.07, 6.45) is 1.77. The van der Waals surface area contributed by atoms with Gasteiger partial charge >= 0.3 is 0 Å². The Labute approximate surface area is 128 Å². The Morgan fingerprint density at radius 1 is 1.40 bits per heavy atom. The van der Waals surface area contributed by atoms with E-state index in [9.17, 15) is 8.42 Å². The lowest BCUT2D eigenvalue weighted by Gasteiger charge is -2.28. The minimum Gasteiger partial charge on any atom is -0.398 e. The van der Waals surface area contributed by atoms with E-state index >= 15 is 0 Å². The molecule has 0 spiro atoms. The molecule has 5 nitrogen and oxygen atoms in total. The van der Waals surface area contributed by atoms with Crippen molar-refractivity contribution in [3.05, 3.63) is 22.7 Å². The highest BCUT2D eigenvalue weighted by Crippen LogP contribution is 2.24. The molecule has 1 aromatic rings. The van der Waals surface area contributed by atoms with Crippen molar-refractivity contribution in [2.45, 2.75) is 30.7 Å². The summed E-state index contributed by atoms with van der Waals surface area (Å²) in [4.78, 5) is 0.220. The molecule has 1 saturated heterocycles. The molecule has 1 unspecified atom stereocenters. The van der Waals surface area contributed by atoms with E-state index in [0.29, 0.717) is 29.3 Å². The number of rotatable bonds is 4. The van der Waals surface area contributed by atoms with Gasteiger partial charge in [-0.2, -0.15) is 0 Å². The molecule has 1 heterocycles. The van der Waals surface area contributed by atoms with Gasteiger partial charge in [-0.25, -0.2) is 13.1 Å². The van der Waals surface area contributed by atoms with E-state index in [4.69, 9.17) is 10.5 Å². The van der Waals surface area contributed by atoms with Crippen molar-refractivity contribution in [3.8, 4) is 0 Å². The average molecular weight is 363 g/mol. The summed E-state index contributed by atoms with van der Waals surface area (Å²) < 4.78 is 33.3. The highest BCUT2D eigenvalue weighted by Gasteiger charge is 2.25. The highest BCUT2D eigenvalue weighted by atomic mass is 79.9. The van der Waals surface area contributed by atoms with Crippen LogP contribution in [0.1, 0.15) is 19.8 Å². The number of ether oxygens (including phenoxy) is 1. The van der Waals surface area contributed by atoms with Crippen LogP contribution in [0.3, 0.4) is 0 Å². The van der Waals surface area contributed by atoms with Crippen molar-refractivity contribution in [1.29, 1.82) is 0 Å². The van der Waals surface area contributed by atoms with E-state index in [-0.39, 0.29) is 10.9 Å². The second kappa shape index (κ2) is 6.43. The van der Waals surface area contributed by atoms with Gasteiger partial charge < -0.3 is 10.5 Å². The fraction of sp³-hybridized carbons (Fsp3) is 0.538. The molecule has 0 bridgehead atoms. The standard InChI is InChI=1S/C13H19BrN2O3S/c1-9(10-4-6-19-7-5-10)16-20(17,18)11-2-3-13(15)12(14)8-11/h2-3,8-10,16H,4-7,15H2,1H3. The predicted octanol–water partition coefficient (Wildman–Crippen LogP) is 2.12. The summed E-state index contributed by atoms with van der Waals surface area (Å²) in [5.41, 5.74) is 6.19. The van der Waals surface area contributed by atoms with Crippen LogP contribution in [-0.4, -0.2) is 27.7 Å². The molecule has 1 atom stereocenters. The number of sulfonamides is 1. The number of nitrogens with one attached hydrogen (secondary N) is 1. The molecule has 1 fully saturated rings. The zero-order valence-corrected chi connectivity index (χ0v) is 13.7. The average Bonchev–Trinajstić information content (AvgIpc) is 2.42. The summed E-state index contributed by atoms with van der Waals surface area (Å²) in [6.45, 7) is 3.30. The maximum atomic E-state index is 12.3. The first-order valence-electron chi connectivity index (χ1n) is 6.55. The van der Waals surface area contributed by atoms with E-state index < -0.39 is 10.0 Å². The van der Waals surface area contributed by atoms with Crippen LogP contribution < -0.4 is 10.5 Å². The van der Waals surface area contributed by atoms with Crippen molar-refractivity contribution in [2.75, 3.05) is 18.9 Å². The monoisotopic (exact) mass is 362 g/mol. The lowest BCUT2D eigenvalue weighted by atomic mass is 9.94. The summed E-state index contributed by atoms with van der Waals surface area (Å²) in [6, 6.07) is 4.51. The fourth-order valence-corrected chi connectivity index (χ4v) is 4.17. The van der Waals surface area contributed by atoms with E-state index in [2.05, 4.69) is 20.7 Å². The van der Waals surface area contributed by atoms with Gasteiger partial charge in [0.25, 0.3) is 0 Å². The molecule has 20 heavy (non-hydrogen) atoms. The Morgan fingerprint density at radius 2 is 2.05 bits per heavy atom. The number of nitrogen functional groups attached to an aromatic ring is 1. The van der Waals surface area contributed by atoms with Gasteiger partial charge in [0.05, 0.1) is 4.90 Å². The zero-order valence-electron chi connectivity index (χ0n) is 11.3. The molecule has 0 aromatic heterocycles. The summed E-state index contributed by atoms with van der Waals surface area (Å²) in [5, 5.41) is 0. The molecular weight excluding hydrogens is 344 g/mol. The SMILES string of the molecule is CC(NS(=O)(=O)c1ccc(N)c(Br)c1)C1CCOCC1. The maximum absolute atomic E-state index is 12.3. The summed E-state index contributed by atoms with van der Waals surface area (Å²) in [5.74, 6) is 0.316. The lowest BCUT2D eigenvalue weighted by Crippen LogP contribution is -2.40. The normalized spacial score (nSPS) is 18.9. The van der Waals surface area contributed by atoms with E-state index in [1.165, 1.54) is 12.1 Å². The van der Waals surface area contributed by atoms with Gasteiger partial charge in [0.1, 0.15) is 0 Å². The second-order valence-corrected chi connectivity index (χ2v) is 7.61. The Hall–Kier alpha value is -0.630. The molecule has 0 amide bonds. The Morgan fingerprint density at radius 3 is 2.65 bits per heavy atom. The summed E-state index contributed by atoms with van der Waals surface area (Å²) >= 11 is 3.25. The molecule has 1 aliphatic heterocycles. The van der Waals surface area contributed by atoms with Crippen molar-refractivity contribution in [2.24, 2.45) is 5.92 Å². The van der Waals surface area contributed by atoms with Crippen molar-refractivity contribution in [1.82, 2.24) is 4.72 Å². The maximum Gasteiger partial charge on any atom is 0.240 e. The first-order valence-corrected chi connectivity index (χ1v) is 8.83. The number of benzene rings is 1. The van der Waals surface area contributed by atoms with Gasteiger partial charge in [-0.3, -0.25) is 0 Å². The van der Waals surface area contributed by atoms with Gasteiger partial charge in [-0.1, -0.05) is 0 Å². The van der Waals surface area contributed by atoms with Gasteiger partial charge in [0.2, 0.25) is 10.0 Å². The van der Waals surface area contributed by atoms with Crippen LogP contribution in [0.2, 0.25) is 0 Å². The molecule has 1 aromatic carbocycles. The van der Waals surface area contributed by atoms with Crippen LogP contribution in [0.15, 0.2) is 27.6 Å². The lowest BCUT2D eigenvalue weighted by molar-refractivity contribution is 0.0585. The smallest absolute Gasteiger partial charge is 0.240 e. The van der Waals surface area contributed by atoms with Crippen molar-refractivity contribution < 1.29 is 13.2 Å². The first-order chi connectivity index (χ1) is 9.40. The number of halogens is 1. The fourth-order valence-electron chi connectivity index (χ4n) is 2.30. The van der Waals surface area contributed by atoms with E-state index in [1.807, 2.05) is 6.92 Å². The topological polar surface area (TPSA) is 81.4 Å². The molecular formula is C13H19BrN2O3S. The van der Waals surface area contributed by atoms with Gasteiger partial charge in [-0.05, 0) is 59.8 Å². The molecule has 1 aliphatic rings. The molecule has 2 rings (SSSR count). The van der Waals surface area contributed by atoms with Crippen LogP contribution in [0.25, 0.3) is 0 Å². The van der Waals surface area contributed by atoms with E-state index in [0.717, 1.165) is 12.8 Å². The minimum absolute atomic E-state index is 0.111. The van der Waals surface area contributed by atoms with Crippen LogP contribution in [0.5, 0.6) is 0 Å². The van der Waals surface area contributed by atoms with Crippen molar-refractivity contribution in [3.63, 3.8) is 0 Å². The van der Waals surface area contributed by atoms with Crippen LogP contribution >= 0.6 is 15.9 Å². The zero-order chi connectivity index (χ0) is 14.8. The van der Waals surface area contributed by atoms with Crippen LogP contribution in [0.4, 0.5) is 5.69 Å². The number of hydrogen-bond donors (Lipinski definition) is 2. The number of nitrogens with two attached hydrogens (primary N) is 1. The highest BCUT2D eigenvalue weighted by molar-refractivity contribution is 9.10. The predicted molar refractivity (Wildman–Crippen MR) is 81.9 cm³/mol. The van der Waals surface area contributed by atoms with Gasteiger partial charge in [0.15, 0.2) is 0 Å². The molecule has 0 saturated carbocycles. The molecule has 7 heteroatoms. The van der Waals surface area contributed by atoms with Crippen molar-refractivity contribution >= 4 is 31.6 Å². The molecule has 112 valence electrons. The first kappa shape index (κ1) is 15.8. The van der Waals surface area contributed by atoms with E-state index in [1.54, 1.807) is 6.07 Å². The van der Waals surface area contributed by atoms with Gasteiger partial charge in [0, 0.05) is 29.4 Å². The van der Waals surface area contributed by atoms with Gasteiger partial charge in [-0.15, -0.1) is 0 Å². The second-order valence-electron chi connectivity index (χ2n) is 5.04. The minimum atomic E-state index is -3.52. The number of anilines is 1. The van der Waals surface area contributed by atoms with Crippen LogP contribution in [-0.2, 0) is 14.8 Å². The molecule has 0 aliphatic carbocycles.